The van der Waals surface area contributed by atoms with Gasteiger partial charge in [0.25, 0.3) is 0 Å². The summed E-state index contributed by atoms with van der Waals surface area (Å²) in [5.41, 5.74) is 1.16. The predicted octanol–water partition coefficient (Wildman–Crippen LogP) is 2.10. The van der Waals surface area contributed by atoms with Gasteiger partial charge in [-0.1, -0.05) is 0 Å². The third-order valence-corrected chi connectivity index (χ3v) is 3.24. The molecule has 12 heavy (non-hydrogen) atoms. The number of hydrogen-bond donors (Lipinski definition) is 1. The van der Waals surface area contributed by atoms with E-state index in [4.69, 9.17) is 5.11 Å². The summed E-state index contributed by atoms with van der Waals surface area (Å²) >= 11 is 1.63. The van der Waals surface area contributed by atoms with E-state index in [9.17, 15) is 0 Å². The van der Waals surface area contributed by atoms with E-state index in [-0.39, 0.29) is 6.61 Å². The molecule has 62 valence electrons. The van der Waals surface area contributed by atoms with E-state index >= 15 is 0 Å². The van der Waals surface area contributed by atoms with Crippen molar-refractivity contribution in [2.75, 3.05) is 0 Å². The maximum absolute atomic E-state index is 9.01. The number of hydrogen-bond acceptors (Lipinski definition) is 3. The van der Waals surface area contributed by atoms with Crippen LogP contribution >= 0.6 is 11.3 Å². The summed E-state index contributed by atoms with van der Waals surface area (Å²) in [5, 5.41) is 10.2. The van der Waals surface area contributed by atoms with E-state index in [0.717, 1.165) is 15.8 Å². The molecule has 0 saturated heterocycles. The molecule has 0 atom stereocenters. The maximum atomic E-state index is 9.01. The molecule has 0 unspecified atom stereocenters. The molecule has 0 aliphatic rings. The predicted molar refractivity (Wildman–Crippen MR) is 50.3 cm³/mol. The van der Waals surface area contributed by atoms with Crippen molar-refractivity contribution >= 4 is 21.4 Å². The summed E-state index contributed by atoms with van der Waals surface area (Å²) in [6, 6.07) is 1.98. The zero-order chi connectivity index (χ0) is 8.55. The minimum absolute atomic E-state index is 0.130. The zero-order valence-electron chi connectivity index (χ0n) is 6.74. The number of aliphatic hydroxyl groups is 1. The summed E-state index contributed by atoms with van der Waals surface area (Å²) in [5.74, 6) is 0. The first-order chi connectivity index (χ1) is 5.83. The largest absolute Gasteiger partial charge is 0.391 e. The van der Waals surface area contributed by atoms with Gasteiger partial charge in [-0.25, -0.2) is 0 Å². The molecule has 2 rings (SSSR count). The molecular formula is C9H9NOS. The Morgan fingerprint density at radius 2 is 2.42 bits per heavy atom. The Morgan fingerprint density at radius 1 is 1.58 bits per heavy atom. The average molecular weight is 179 g/mol. The highest BCUT2D eigenvalue weighted by molar-refractivity contribution is 7.19. The molecule has 1 N–H and O–H groups in total. The third-order valence-electron chi connectivity index (χ3n) is 1.98. The smallest absolute Gasteiger partial charge is 0.0777 e. The highest BCUT2D eigenvalue weighted by Gasteiger charge is 2.05. The van der Waals surface area contributed by atoms with Crippen LogP contribution in [0.5, 0.6) is 0 Å². The van der Waals surface area contributed by atoms with Crippen molar-refractivity contribution in [2.24, 2.45) is 0 Å². The van der Waals surface area contributed by atoms with Gasteiger partial charge in [0.2, 0.25) is 0 Å². The molecule has 2 aromatic heterocycles. The highest BCUT2D eigenvalue weighted by Crippen LogP contribution is 2.29. The molecule has 3 heteroatoms. The van der Waals surface area contributed by atoms with Crippen LogP contribution in [0.25, 0.3) is 10.1 Å². The second kappa shape index (κ2) is 2.84. The minimum Gasteiger partial charge on any atom is -0.391 e. The fraction of sp³-hybridized carbons (Fsp3) is 0.222. The number of aryl methyl sites for hydroxylation is 1. The van der Waals surface area contributed by atoms with Crippen LogP contribution in [-0.2, 0) is 6.61 Å². The van der Waals surface area contributed by atoms with Crippen LogP contribution in [-0.4, -0.2) is 10.1 Å². The summed E-state index contributed by atoms with van der Waals surface area (Å²) in [4.78, 5) is 5.09. The average Bonchev–Trinajstić information content (AvgIpc) is 2.44. The van der Waals surface area contributed by atoms with Gasteiger partial charge in [0.05, 0.1) is 6.61 Å². The number of pyridine rings is 1. The zero-order valence-corrected chi connectivity index (χ0v) is 7.56. The maximum Gasteiger partial charge on any atom is 0.0777 e. The van der Waals surface area contributed by atoms with Crippen LogP contribution in [0.4, 0.5) is 0 Å². The molecule has 0 bridgehead atoms. The van der Waals surface area contributed by atoms with Gasteiger partial charge in [0.15, 0.2) is 0 Å². The molecule has 2 nitrogen and oxygen atoms in total. The molecule has 0 saturated carbocycles. The van der Waals surface area contributed by atoms with Crippen molar-refractivity contribution in [2.45, 2.75) is 13.5 Å². The first kappa shape index (κ1) is 7.71. The number of aromatic nitrogens is 1. The van der Waals surface area contributed by atoms with Gasteiger partial charge in [-0.15, -0.1) is 11.3 Å². The Labute approximate surface area is 74.5 Å². The first-order valence-electron chi connectivity index (χ1n) is 3.76. The first-order valence-corrected chi connectivity index (χ1v) is 4.57. The Kier molecular flexibility index (Phi) is 1.83. The standard InChI is InChI=1S/C9H9NOS/c1-6-7-4-10-3-2-8(7)12-9(6)5-11/h2-4,11H,5H2,1H3. The molecule has 2 aromatic rings. The quantitative estimate of drug-likeness (QED) is 0.727. The fourth-order valence-electron chi connectivity index (χ4n) is 1.26. The lowest BCUT2D eigenvalue weighted by Crippen LogP contribution is -1.79. The van der Waals surface area contributed by atoms with E-state index in [0.29, 0.717) is 0 Å². The molecule has 0 amide bonds. The Hall–Kier alpha value is -0.930. The number of thiophene rings is 1. The Morgan fingerprint density at radius 3 is 3.08 bits per heavy atom. The van der Waals surface area contributed by atoms with Crippen LogP contribution in [0.15, 0.2) is 18.5 Å². The van der Waals surface area contributed by atoms with E-state index in [1.165, 1.54) is 4.70 Å². The summed E-state index contributed by atoms with van der Waals surface area (Å²) in [6.07, 6.45) is 3.62. The number of fused-ring (bicyclic) bond motifs is 1. The fourth-order valence-corrected chi connectivity index (χ4v) is 2.30. The van der Waals surface area contributed by atoms with Crippen molar-refractivity contribution < 1.29 is 5.11 Å². The van der Waals surface area contributed by atoms with Crippen LogP contribution < -0.4 is 0 Å². The second-order valence-corrected chi connectivity index (χ2v) is 3.82. The molecule has 0 fully saturated rings. The summed E-state index contributed by atoms with van der Waals surface area (Å²) in [7, 11) is 0. The van der Waals surface area contributed by atoms with Crippen molar-refractivity contribution in [3.8, 4) is 0 Å². The molecule has 2 heterocycles. The van der Waals surface area contributed by atoms with Crippen molar-refractivity contribution in [3.63, 3.8) is 0 Å². The van der Waals surface area contributed by atoms with Crippen LogP contribution in [0.2, 0.25) is 0 Å². The van der Waals surface area contributed by atoms with E-state index in [1.807, 2.05) is 19.2 Å². The van der Waals surface area contributed by atoms with Crippen molar-refractivity contribution in [1.82, 2.24) is 4.98 Å². The molecule has 0 aromatic carbocycles. The van der Waals surface area contributed by atoms with Crippen LogP contribution in [0.3, 0.4) is 0 Å². The van der Waals surface area contributed by atoms with Gasteiger partial charge >= 0.3 is 0 Å². The van der Waals surface area contributed by atoms with Crippen molar-refractivity contribution in [1.29, 1.82) is 0 Å². The van der Waals surface area contributed by atoms with E-state index < -0.39 is 0 Å². The van der Waals surface area contributed by atoms with Gasteiger partial charge in [0, 0.05) is 27.4 Å². The Bertz CT molecular complexity index is 408. The molecule has 0 spiro atoms. The lowest BCUT2D eigenvalue weighted by molar-refractivity contribution is 0.285. The third kappa shape index (κ3) is 1.02. The second-order valence-electron chi connectivity index (χ2n) is 2.68. The van der Waals surface area contributed by atoms with Crippen LogP contribution in [0.1, 0.15) is 10.4 Å². The molecule has 0 radical (unpaired) electrons. The van der Waals surface area contributed by atoms with Gasteiger partial charge < -0.3 is 5.11 Å². The van der Waals surface area contributed by atoms with Gasteiger partial charge in [-0.2, -0.15) is 0 Å². The number of nitrogens with zero attached hydrogens (tertiary/aromatic N) is 1. The van der Waals surface area contributed by atoms with Gasteiger partial charge in [-0.3, -0.25) is 4.98 Å². The number of rotatable bonds is 1. The van der Waals surface area contributed by atoms with E-state index in [2.05, 4.69) is 4.98 Å². The lowest BCUT2D eigenvalue weighted by atomic mass is 10.2. The Balaban J connectivity index is 2.78. The minimum atomic E-state index is 0.130. The monoisotopic (exact) mass is 179 g/mol. The topological polar surface area (TPSA) is 33.1 Å². The molecular weight excluding hydrogens is 170 g/mol. The van der Waals surface area contributed by atoms with Crippen molar-refractivity contribution in [3.05, 3.63) is 28.9 Å². The highest BCUT2D eigenvalue weighted by atomic mass is 32.1. The van der Waals surface area contributed by atoms with Gasteiger partial charge in [0.1, 0.15) is 0 Å². The lowest BCUT2D eigenvalue weighted by Gasteiger charge is -1.90. The summed E-state index contributed by atoms with van der Waals surface area (Å²) < 4.78 is 1.20. The normalized spacial score (nSPS) is 10.8. The summed E-state index contributed by atoms with van der Waals surface area (Å²) in [6.45, 7) is 2.15. The number of aliphatic hydroxyl groups excluding tert-OH is 1. The van der Waals surface area contributed by atoms with Gasteiger partial charge in [-0.05, 0) is 18.6 Å². The van der Waals surface area contributed by atoms with Crippen LogP contribution in [0, 0.1) is 6.92 Å². The molecule has 0 aliphatic heterocycles. The van der Waals surface area contributed by atoms with E-state index in [1.54, 1.807) is 17.5 Å². The molecule has 0 aliphatic carbocycles. The SMILES string of the molecule is Cc1c(CO)sc2ccncc12.